The van der Waals surface area contributed by atoms with Gasteiger partial charge in [-0.3, -0.25) is 9.97 Å². The Morgan fingerprint density at radius 1 is 0.786 bits per heavy atom. The summed E-state index contributed by atoms with van der Waals surface area (Å²) in [6, 6.07) is 7.89. The van der Waals surface area contributed by atoms with Crippen molar-refractivity contribution >= 4 is 11.4 Å². The second-order valence-corrected chi connectivity index (χ2v) is 2.97. The van der Waals surface area contributed by atoms with E-state index in [1.165, 1.54) is 0 Å². The standard InChI is InChI=1S/C11H11N3/c1-14(10-2-6-12-7-3-10)11-4-8-13-9-5-11/h2-9H,1H3. The number of anilines is 2. The van der Waals surface area contributed by atoms with Crippen LogP contribution >= 0.6 is 0 Å². The van der Waals surface area contributed by atoms with E-state index in [4.69, 9.17) is 0 Å². The minimum Gasteiger partial charge on any atom is -0.344 e. The first-order chi connectivity index (χ1) is 6.88. The fourth-order valence-corrected chi connectivity index (χ4v) is 1.28. The molecule has 0 N–H and O–H groups in total. The lowest BCUT2D eigenvalue weighted by molar-refractivity contribution is 1.17. The first-order valence-corrected chi connectivity index (χ1v) is 4.42. The molecule has 3 nitrogen and oxygen atoms in total. The van der Waals surface area contributed by atoms with Crippen molar-refractivity contribution in [3.05, 3.63) is 49.1 Å². The normalized spacial score (nSPS) is 9.79. The van der Waals surface area contributed by atoms with Gasteiger partial charge < -0.3 is 4.90 Å². The maximum atomic E-state index is 3.98. The Bertz CT molecular complexity index is 346. The van der Waals surface area contributed by atoms with Crippen molar-refractivity contribution in [1.29, 1.82) is 0 Å². The molecule has 3 heteroatoms. The van der Waals surface area contributed by atoms with E-state index in [0.717, 1.165) is 11.4 Å². The summed E-state index contributed by atoms with van der Waals surface area (Å²) in [6.07, 6.45) is 7.14. The van der Waals surface area contributed by atoms with Gasteiger partial charge in [0.25, 0.3) is 0 Å². The molecule has 2 aromatic heterocycles. The minimum atomic E-state index is 1.12. The van der Waals surface area contributed by atoms with Crippen LogP contribution in [0, 0.1) is 0 Å². The van der Waals surface area contributed by atoms with Gasteiger partial charge in [-0.2, -0.15) is 0 Å². The predicted molar refractivity (Wildman–Crippen MR) is 56.5 cm³/mol. The Balaban J connectivity index is 2.30. The third-order valence-corrected chi connectivity index (χ3v) is 2.10. The lowest BCUT2D eigenvalue weighted by atomic mass is 10.3. The summed E-state index contributed by atoms with van der Waals surface area (Å²) in [5.74, 6) is 0. The van der Waals surface area contributed by atoms with E-state index in [1.807, 2.05) is 31.3 Å². The molecule has 0 radical (unpaired) electrons. The van der Waals surface area contributed by atoms with E-state index in [9.17, 15) is 0 Å². The van der Waals surface area contributed by atoms with E-state index in [1.54, 1.807) is 24.8 Å². The summed E-state index contributed by atoms with van der Waals surface area (Å²) in [6.45, 7) is 0. The van der Waals surface area contributed by atoms with Crippen LogP contribution < -0.4 is 4.90 Å². The molecule has 0 aromatic carbocycles. The second-order valence-electron chi connectivity index (χ2n) is 2.97. The van der Waals surface area contributed by atoms with Gasteiger partial charge in [-0.1, -0.05) is 0 Å². The zero-order valence-corrected chi connectivity index (χ0v) is 7.96. The molecule has 0 unspecified atom stereocenters. The summed E-state index contributed by atoms with van der Waals surface area (Å²) in [5, 5.41) is 0. The summed E-state index contributed by atoms with van der Waals surface area (Å²) >= 11 is 0. The van der Waals surface area contributed by atoms with Crippen LogP contribution in [0.5, 0.6) is 0 Å². The maximum Gasteiger partial charge on any atom is 0.0438 e. The van der Waals surface area contributed by atoms with Crippen molar-refractivity contribution in [3.8, 4) is 0 Å². The lowest BCUT2D eigenvalue weighted by Gasteiger charge is -2.18. The molecule has 0 saturated heterocycles. The quantitative estimate of drug-likeness (QED) is 0.718. The van der Waals surface area contributed by atoms with Crippen molar-refractivity contribution in [1.82, 2.24) is 9.97 Å². The van der Waals surface area contributed by atoms with E-state index >= 15 is 0 Å². The molecule has 0 aliphatic heterocycles. The largest absolute Gasteiger partial charge is 0.344 e. The van der Waals surface area contributed by atoms with Crippen LogP contribution in [0.4, 0.5) is 11.4 Å². The van der Waals surface area contributed by atoms with Crippen LogP contribution in [0.25, 0.3) is 0 Å². The van der Waals surface area contributed by atoms with Crippen LogP contribution in [0.1, 0.15) is 0 Å². The molecule has 2 aromatic rings. The maximum absolute atomic E-state index is 3.98. The number of pyridine rings is 2. The molecule has 0 bridgehead atoms. The van der Waals surface area contributed by atoms with Gasteiger partial charge in [-0.15, -0.1) is 0 Å². The van der Waals surface area contributed by atoms with Crippen molar-refractivity contribution < 1.29 is 0 Å². The van der Waals surface area contributed by atoms with Crippen LogP contribution in [-0.2, 0) is 0 Å². The Labute approximate surface area is 83.1 Å². The highest BCUT2D eigenvalue weighted by Crippen LogP contribution is 2.20. The second kappa shape index (κ2) is 3.87. The monoisotopic (exact) mass is 185 g/mol. The van der Waals surface area contributed by atoms with Gasteiger partial charge >= 0.3 is 0 Å². The number of hydrogen-bond acceptors (Lipinski definition) is 3. The lowest BCUT2D eigenvalue weighted by Crippen LogP contribution is -2.08. The number of hydrogen-bond donors (Lipinski definition) is 0. The van der Waals surface area contributed by atoms with Crippen molar-refractivity contribution in [3.63, 3.8) is 0 Å². The molecular weight excluding hydrogens is 174 g/mol. The molecule has 0 amide bonds. The van der Waals surface area contributed by atoms with E-state index in [2.05, 4.69) is 14.9 Å². The Kier molecular flexibility index (Phi) is 2.40. The van der Waals surface area contributed by atoms with E-state index in [0.29, 0.717) is 0 Å². The molecule has 2 rings (SSSR count). The third-order valence-electron chi connectivity index (χ3n) is 2.10. The first-order valence-electron chi connectivity index (χ1n) is 4.42. The van der Waals surface area contributed by atoms with Crippen molar-refractivity contribution in [2.24, 2.45) is 0 Å². The molecular formula is C11H11N3. The van der Waals surface area contributed by atoms with Crippen LogP contribution in [0.2, 0.25) is 0 Å². The summed E-state index contributed by atoms with van der Waals surface area (Å²) in [5.41, 5.74) is 2.23. The minimum absolute atomic E-state index is 1.12. The van der Waals surface area contributed by atoms with Gasteiger partial charge in [0.05, 0.1) is 0 Å². The number of nitrogens with zero attached hydrogens (tertiary/aromatic N) is 3. The number of aromatic nitrogens is 2. The van der Waals surface area contributed by atoms with Gasteiger partial charge in [0.15, 0.2) is 0 Å². The summed E-state index contributed by atoms with van der Waals surface area (Å²) in [4.78, 5) is 10.1. The summed E-state index contributed by atoms with van der Waals surface area (Å²) in [7, 11) is 2.02. The zero-order valence-electron chi connectivity index (χ0n) is 7.96. The Hall–Kier alpha value is -1.90. The zero-order chi connectivity index (χ0) is 9.80. The average Bonchev–Trinajstić information content (AvgIpc) is 2.30. The van der Waals surface area contributed by atoms with E-state index < -0.39 is 0 Å². The van der Waals surface area contributed by atoms with Crippen molar-refractivity contribution in [2.75, 3.05) is 11.9 Å². The SMILES string of the molecule is CN(c1ccncc1)c1ccncc1. The molecule has 14 heavy (non-hydrogen) atoms. The molecule has 0 aliphatic carbocycles. The van der Waals surface area contributed by atoms with Gasteiger partial charge in [0.1, 0.15) is 0 Å². The third kappa shape index (κ3) is 1.71. The fourth-order valence-electron chi connectivity index (χ4n) is 1.28. The Morgan fingerprint density at radius 3 is 1.50 bits per heavy atom. The molecule has 0 aliphatic rings. The molecule has 0 fully saturated rings. The van der Waals surface area contributed by atoms with Gasteiger partial charge in [0.2, 0.25) is 0 Å². The summed E-state index contributed by atoms with van der Waals surface area (Å²) < 4.78 is 0. The van der Waals surface area contributed by atoms with Crippen molar-refractivity contribution in [2.45, 2.75) is 0 Å². The van der Waals surface area contributed by atoms with E-state index in [-0.39, 0.29) is 0 Å². The highest BCUT2D eigenvalue weighted by Gasteiger charge is 2.01. The Morgan fingerprint density at radius 2 is 1.14 bits per heavy atom. The van der Waals surface area contributed by atoms with Crippen LogP contribution in [0.3, 0.4) is 0 Å². The molecule has 2 heterocycles. The van der Waals surface area contributed by atoms with Gasteiger partial charge in [-0.05, 0) is 24.3 Å². The first kappa shape index (κ1) is 8.69. The highest BCUT2D eigenvalue weighted by molar-refractivity contribution is 5.60. The average molecular weight is 185 g/mol. The topological polar surface area (TPSA) is 29.0 Å². The predicted octanol–water partition coefficient (Wildman–Crippen LogP) is 2.24. The highest BCUT2D eigenvalue weighted by atomic mass is 15.1. The fraction of sp³-hybridized carbons (Fsp3) is 0.0909. The molecule has 0 spiro atoms. The molecule has 0 saturated carbocycles. The van der Waals surface area contributed by atoms with Gasteiger partial charge in [0, 0.05) is 43.2 Å². The number of rotatable bonds is 2. The van der Waals surface area contributed by atoms with Crippen LogP contribution in [-0.4, -0.2) is 17.0 Å². The smallest absolute Gasteiger partial charge is 0.0438 e. The van der Waals surface area contributed by atoms with Crippen LogP contribution in [0.15, 0.2) is 49.1 Å². The molecule has 70 valence electrons. The van der Waals surface area contributed by atoms with Gasteiger partial charge in [-0.25, -0.2) is 0 Å². The molecule has 0 atom stereocenters.